The quantitative estimate of drug-likeness (QED) is 0.361. The van der Waals surface area contributed by atoms with Crippen LogP contribution >= 0.6 is 11.8 Å². The van der Waals surface area contributed by atoms with Gasteiger partial charge >= 0.3 is 0 Å². The van der Waals surface area contributed by atoms with Crippen LogP contribution < -0.4 is 0 Å². The zero-order chi connectivity index (χ0) is 24.0. The molecular formula is C24H32N4O3S2. The van der Waals surface area contributed by atoms with Gasteiger partial charge in [-0.15, -0.1) is 10.2 Å². The summed E-state index contributed by atoms with van der Waals surface area (Å²) >= 11 is 1.61. The molecule has 1 atom stereocenters. The average Bonchev–Trinajstić information content (AvgIpc) is 3.23. The van der Waals surface area contributed by atoms with E-state index in [0.717, 1.165) is 10.9 Å². The van der Waals surface area contributed by atoms with E-state index in [0.29, 0.717) is 31.1 Å². The van der Waals surface area contributed by atoms with Gasteiger partial charge in [0.25, 0.3) is 0 Å². The van der Waals surface area contributed by atoms with Crippen molar-refractivity contribution in [1.29, 1.82) is 0 Å². The molecule has 33 heavy (non-hydrogen) atoms. The van der Waals surface area contributed by atoms with Gasteiger partial charge in [-0.3, -0.25) is 4.57 Å². The second-order valence-electron chi connectivity index (χ2n) is 7.81. The molecule has 9 heteroatoms. The fourth-order valence-electron chi connectivity index (χ4n) is 3.71. The highest BCUT2D eigenvalue weighted by atomic mass is 32.2. The molecule has 7 nitrogen and oxygen atoms in total. The smallest absolute Gasteiger partial charge is 0.243 e. The van der Waals surface area contributed by atoms with E-state index in [1.807, 2.05) is 43.5 Å². The molecule has 0 saturated heterocycles. The third-order valence-electron chi connectivity index (χ3n) is 5.57. The summed E-state index contributed by atoms with van der Waals surface area (Å²) in [5.74, 6) is 1.39. The first-order valence-corrected chi connectivity index (χ1v) is 13.5. The molecule has 1 heterocycles. The number of rotatable bonds is 11. The Hall–Kier alpha value is -2.20. The molecule has 0 aliphatic heterocycles. The standard InChI is InChI=1S/C24H32N4O3S2/c1-6-27(7-2)33(29,30)22-14-10-13-20(15-22)23-25-26-24(28(23)19(4)16-31-5)32-17-21-12-9-8-11-18(21)3/h8-15,19H,6-7,16-17H2,1-5H3/t19-/m1/s1. The Morgan fingerprint density at radius 3 is 2.48 bits per heavy atom. The van der Waals surface area contributed by atoms with Gasteiger partial charge in [0.1, 0.15) is 0 Å². The van der Waals surface area contributed by atoms with E-state index in [4.69, 9.17) is 4.74 Å². The van der Waals surface area contributed by atoms with Crippen LogP contribution in [0.2, 0.25) is 0 Å². The van der Waals surface area contributed by atoms with Crippen molar-refractivity contribution in [1.82, 2.24) is 19.1 Å². The molecule has 0 aliphatic rings. The first-order valence-electron chi connectivity index (χ1n) is 11.0. The molecular weight excluding hydrogens is 456 g/mol. The molecule has 2 aromatic carbocycles. The van der Waals surface area contributed by atoms with Gasteiger partial charge in [0.05, 0.1) is 17.5 Å². The molecule has 178 valence electrons. The lowest BCUT2D eigenvalue weighted by Crippen LogP contribution is -2.30. The van der Waals surface area contributed by atoms with E-state index in [-0.39, 0.29) is 10.9 Å². The van der Waals surface area contributed by atoms with Crippen LogP contribution in [0.1, 0.15) is 37.9 Å². The molecule has 1 aromatic heterocycles. The van der Waals surface area contributed by atoms with Gasteiger partial charge in [0.15, 0.2) is 11.0 Å². The first kappa shape index (κ1) is 25.4. The number of nitrogens with zero attached hydrogens (tertiary/aromatic N) is 4. The van der Waals surface area contributed by atoms with Crippen molar-refractivity contribution in [3.05, 3.63) is 59.7 Å². The van der Waals surface area contributed by atoms with Gasteiger partial charge in [0.2, 0.25) is 10.0 Å². The average molecular weight is 489 g/mol. The van der Waals surface area contributed by atoms with Crippen LogP contribution in [0.15, 0.2) is 58.6 Å². The number of methoxy groups -OCH3 is 1. The summed E-state index contributed by atoms with van der Waals surface area (Å²) in [6.07, 6.45) is 0. The highest BCUT2D eigenvalue weighted by Gasteiger charge is 2.24. The summed E-state index contributed by atoms with van der Waals surface area (Å²) in [6, 6.07) is 15.2. The molecule has 0 saturated carbocycles. The van der Waals surface area contributed by atoms with Crippen LogP contribution in [0.3, 0.4) is 0 Å². The number of thioether (sulfide) groups is 1. The monoisotopic (exact) mass is 488 g/mol. The van der Waals surface area contributed by atoms with Gasteiger partial charge in [-0.05, 0) is 37.1 Å². The number of hydrogen-bond donors (Lipinski definition) is 0. The fraction of sp³-hybridized carbons (Fsp3) is 0.417. The molecule has 3 aromatic rings. The Morgan fingerprint density at radius 2 is 1.82 bits per heavy atom. The Morgan fingerprint density at radius 1 is 1.09 bits per heavy atom. The molecule has 0 radical (unpaired) electrons. The van der Waals surface area contributed by atoms with Crippen LogP contribution in [-0.4, -0.2) is 54.3 Å². The first-order chi connectivity index (χ1) is 15.8. The van der Waals surface area contributed by atoms with Crippen LogP contribution in [0.4, 0.5) is 0 Å². The summed E-state index contributed by atoms with van der Waals surface area (Å²) in [4.78, 5) is 0.256. The van der Waals surface area contributed by atoms with Crippen molar-refractivity contribution in [3.63, 3.8) is 0 Å². The van der Waals surface area contributed by atoms with Crippen LogP contribution in [-0.2, 0) is 20.5 Å². The molecule has 0 aliphatic carbocycles. The summed E-state index contributed by atoms with van der Waals surface area (Å²) < 4.78 is 35.0. The lowest BCUT2D eigenvalue weighted by molar-refractivity contribution is 0.159. The molecule has 0 fully saturated rings. The summed E-state index contributed by atoms with van der Waals surface area (Å²) in [6.45, 7) is 9.15. The predicted octanol–water partition coefficient (Wildman–Crippen LogP) is 4.78. The fourth-order valence-corrected chi connectivity index (χ4v) is 6.32. The van der Waals surface area contributed by atoms with Crippen LogP contribution in [0.5, 0.6) is 0 Å². The molecule has 0 bridgehead atoms. The van der Waals surface area contributed by atoms with Gasteiger partial charge in [-0.25, -0.2) is 8.42 Å². The summed E-state index contributed by atoms with van der Waals surface area (Å²) in [5.41, 5.74) is 3.18. The lowest BCUT2D eigenvalue weighted by Gasteiger charge is -2.20. The summed E-state index contributed by atoms with van der Waals surface area (Å²) in [5, 5.41) is 9.69. The van der Waals surface area contributed by atoms with Gasteiger partial charge in [0, 0.05) is 31.5 Å². The molecule has 0 amide bonds. The van der Waals surface area contributed by atoms with Crippen molar-refractivity contribution in [2.24, 2.45) is 0 Å². The number of benzene rings is 2. The maximum Gasteiger partial charge on any atom is 0.243 e. The van der Waals surface area contributed by atoms with Gasteiger partial charge in [-0.1, -0.05) is 62.0 Å². The largest absolute Gasteiger partial charge is 0.383 e. The van der Waals surface area contributed by atoms with Crippen LogP contribution in [0, 0.1) is 6.92 Å². The van der Waals surface area contributed by atoms with Gasteiger partial charge in [-0.2, -0.15) is 4.31 Å². The van der Waals surface area contributed by atoms with Crippen molar-refractivity contribution >= 4 is 21.8 Å². The minimum absolute atomic E-state index is 0.0255. The second-order valence-corrected chi connectivity index (χ2v) is 10.7. The van der Waals surface area contributed by atoms with Crippen LogP contribution in [0.25, 0.3) is 11.4 Å². The zero-order valence-electron chi connectivity index (χ0n) is 19.9. The minimum Gasteiger partial charge on any atom is -0.383 e. The predicted molar refractivity (Wildman–Crippen MR) is 133 cm³/mol. The maximum absolute atomic E-state index is 13.1. The maximum atomic E-state index is 13.1. The third-order valence-corrected chi connectivity index (χ3v) is 8.60. The second kappa shape index (κ2) is 11.3. The van der Waals surface area contributed by atoms with Crippen molar-refractivity contribution in [2.75, 3.05) is 26.8 Å². The topological polar surface area (TPSA) is 77.3 Å². The van der Waals surface area contributed by atoms with E-state index in [9.17, 15) is 8.42 Å². The van der Waals surface area contributed by atoms with Crippen molar-refractivity contribution in [3.8, 4) is 11.4 Å². The Kier molecular flexibility index (Phi) is 8.69. The number of hydrogen-bond acceptors (Lipinski definition) is 6. The van der Waals surface area contributed by atoms with E-state index in [1.54, 1.807) is 37.1 Å². The number of ether oxygens (including phenoxy) is 1. The lowest BCUT2D eigenvalue weighted by atomic mass is 10.1. The molecule has 0 N–H and O–H groups in total. The Balaban J connectivity index is 2.00. The Bertz CT molecular complexity index is 1170. The van der Waals surface area contributed by atoms with E-state index < -0.39 is 10.0 Å². The van der Waals surface area contributed by atoms with Gasteiger partial charge < -0.3 is 4.74 Å². The third kappa shape index (κ3) is 5.66. The van der Waals surface area contributed by atoms with Crippen molar-refractivity contribution in [2.45, 2.75) is 49.5 Å². The number of aryl methyl sites for hydroxylation is 1. The molecule has 3 rings (SSSR count). The normalized spacial score (nSPS) is 12.9. The number of aromatic nitrogens is 3. The van der Waals surface area contributed by atoms with E-state index in [2.05, 4.69) is 29.3 Å². The SMILES string of the molecule is CCN(CC)S(=O)(=O)c1cccc(-c2nnc(SCc3ccccc3C)n2[C@H](C)COC)c1. The molecule has 0 unspecified atom stereocenters. The Labute approximate surface area is 201 Å². The highest BCUT2D eigenvalue weighted by Crippen LogP contribution is 2.31. The summed E-state index contributed by atoms with van der Waals surface area (Å²) in [7, 11) is -1.91. The number of sulfonamides is 1. The van der Waals surface area contributed by atoms with Crippen molar-refractivity contribution < 1.29 is 13.2 Å². The van der Waals surface area contributed by atoms with E-state index >= 15 is 0 Å². The highest BCUT2D eigenvalue weighted by molar-refractivity contribution is 7.98. The minimum atomic E-state index is -3.57. The zero-order valence-corrected chi connectivity index (χ0v) is 21.5. The molecule has 0 spiro atoms. The van der Waals surface area contributed by atoms with E-state index in [1.165, 1.54) is 15.4 Å².